The van der Waals surface area contributed by atoms with Gasteiger partial charge in [-0.15, -0.1) is 0 Å². The SMILES string of the molecule is CC1(C)c2cc(-c3ccccc3)ccc2N(c2ccc(-c3cccc(-c4ccccc4)c3)cc2)c2ccc(-c3ccccc3)cc21. The molecule has 0 spiro atoms. The van der Waals surface area contributed by atoms with E-state index in [1.807, 2.05) is 0 Å². The van der Waals surface area contributed by atoms with E-state index in [-0.39, 0.29) is 5.41 Å². The number of anilines is 3. The van der Waals surface area contributed by atoms with E-state index in [0.29, 0.717) is 0 Å². The standard InChI is InChI=1S/C45H35N/c1-45(2)41-30-38(33-15-8-4-9-16-33)23-27-43(41)46(44-28-24-39(31-42(44)45)34-17-10-5-11-18-34)40-25-21-35(22-26-40)37-20-12-19-36(29-37)32-13-6-3-7-14-32/h3-31H,1-2H3. The van der Waals surface area contributed by atoms with Crippen molar-refractivity contribution in [3.63, 3.8) is 0 Å². The van der Waals surface area contributed by atoms with Crippen LogP contribution in [0.4, 0.5) is 17.1 Å². The van der Waals surface area contributed by atoms with Gasteiger partial charge in [0.2, 0.25) is 0 Å². The second kappa shape index (κ2) is 11.4. The maximum absolute atomic E-state index is 2.45. The smallest absolute Gasteiger partial charge is 0.0503 e. The van der Waals surface area contributed by atoms with Crippen LogP contribution in [0.25, 0.3) is 44.5 Å². The van der Waals surface area contributed by atoms with Crippen molar-refractivity contribution in [1.29, 1.82) is 0 Å². The Morgan fingerprint density at radius 1 is 0.326 bits per heavy atom. The maximum Gasteiger partial charge on any atom is 0.0503 e. The van der Waals surface area contributed by atoms with Gasteiger partial charge in [-0.3, -0.25) is 0 Å². The molecule has 0 atom stereocenters. The average Bonchev–Trinajstić information content (AvgIpc) is 3.13. The number of benzene rings is 7. The van der Waals surface area contributed by atoms with E-state index >= 15 is 0 Å². The lowest BCUT2D eigenvalue weighted by Gasteiger charge is -2.42. The molecular weight excluding hydrogens is 555 g/mol. The molecule has 0 aliphatic carbocycles. The highest BCUT2D eigenvalue weighted by Gasteiger charge is 2.37. The summed E-state index contributed by atoms with van der Waals surface area (Å²) >= 11 is 0. The summed E-state index contributed by atoms with van der Waals surface area (Å²) < 4.78 is 0. The summed E-state index contributed by atoms with van der Waals surface area (Å²) in [5.74, 6) is 0. The number of fused-ring (bicyclic) bond motifs is 2. The summed E-state index contributed by atoms with van der Waals surface area (Å²) in [6, 6.07) is 63.8. The number of hydrogen-bond donors (Lipinski definition) is 0. The Hall–Kier alpha value is -5.66. The predicted molar refractivity (Wildman–Crippen MR) is 195 cm³/mol. The van der Waals surface area contributed by atoms with Gasteiger partial charge in [-0.1, -0.05) is 147 Å². The van der Waals surface area contributed by atoms with Gasteiger partial charge < -0.3 is 4.90 Å². The first kappa shape index (κ1) is 27.9. The van der Waals surface area contributed by atoms with Crippen molar-refractivity contribution in [2.45, 2.75) is 19.3 Å². The van der Waals surface area contributed by atoms with E-state index in [2.05, 4.69) is 195 Å². The molecule has 220 valence electrons. The lowest BCUT2D eigenvalue weighted by Crippen LogP contribution is -2.30. The fraction of sp³-hybridized carbons (Fsp3) is 0.0667. The van der Waals surface area contributed by atoms with Crippen molar-refractivity contribution in [1.82, 2.24) is 0 Å². The Kier molecular flexibility index (Phi) is 6.88. The van der Waals surface area contributed by atoms with E-state index in [1.165, 1.54) is 67.0 Å². The zero-order valence-corrected chi connectivity index (χ0v) is 26.2. The van der Waals surface area contributed by atoms with Crippen LogP contribution in [0, 0.1) is 0 Å². The third-order valence-corrected chi connectivity index (χ3v) is 9.46. The fourth-order valence-corrected chi connectivity index (χ4v) is 6.95. The third-order valence-electron chi connectivity index (χ3n) is 9.46. The van der Waals surface area contributed by atoms with E-state index in [9.17, 15) is 0 Å². The van der Waals surface area contributed by atoms with Crippen molar-refractivity contribution < 1.29 is 0 Å². The molecule has 1 nitrogen and oxygen atoms in total. The molecule has 0 saturated heterocycles. The molecule has 1 aliphatic rings. The van der Waals surface area contributed by atoms with E-state index in [1.54, 1.807) is 0 Å². The van der Waals surface area contributed by atoms with Gasteiger partial charge in [-0.05, 0) is 98.1 Å². The molecule has 1 heteroatoms. The Morgan fingerprint density at radius 2 is 0.674 bits per heavy atom. The van der Waals surface area contributed by atoms with Crippen LogP contribution in [-0.2, 0) is 5.41 Å². The first-order valence-electron chi connectivity index (χ1n) is 16.0. The van der Waals surface area contributed by atoms with Crippen molar-refractivity contribution in [3.8, 4) is 44.5 Å². The maximum atomic E-state index is 2.45. The largest absolute Gasteiger partial charge is 0.310 e. The average molecular weight is 590 g/mol. The van der Waals surface area contributed by atoms with Crippen LogP contribution in [0.1, 0.15) is 25.0 Å². The van der Waals surface area contributed by atoms with E-state index in [4.69, 9.17) is 0 Å². The highest BCUT2D eigenvalue weighted by atomic mass is 15.2. The molecule has 0 N–H and O–H groups in total. The minimum atomic E-state index is -0.200. The molecule has 1 aliphatic heterocycles. The molecule has 46 heavy (non-hydrogen) atoms. The van der Waals surface area contributed by atoms with Crippen molar-refractivity contribution in [2.75, 3.05) is 4.90 Å². The van der Waals surface area contributed by atoms with E-state index < -0.39 is 0 Å². The van der Waals surface area contributed by atoms with Crippen molar-refractivity contribution in [3.05, 3.63) is 187 Å². The molecule has 7 aromatic carbocycles. The molecule has 0 unspecified atom stereocenters. The van der Waals surface area contributed by atoms with Gasteiger partial charge in [-0.25, -0.2) is 0 Å². The topological polar surface area (TPSA) is 3.24 Å². The molecule has 1 heterocycles. The van der Waals surface area contributed by atoms with Gasteiger partial charge in [0.25, 0.3) is 0 Å². The quantitative estimate of drug-likeness (QED) is 0.193. The highest BCUT2D eigenvalue weighted by Crippen LogP contribution is 2.53. The molecule has 0 amide bonds. The Labute approximate surface area is 272 Å². The lowest BCUT2D eigenvalue weighted by molar-refractivity contribution is 0.632. The molecule has 0 saturated carbocycles. The van der Waals surface area contributed by atoms with Crippen molar-refractivity contribution >= 4 is 17.1 Å². The van der Waals surface area contributed by atoms with Crippen LogP contribution in [0.2, 0.25) is 0 Å². The van der Waals surface area contributed by atoms with Crippen LogP contribution in [0.3, 0.4) is 0 Å². The van der Waals surface area contributed by atoms with E-state index in [0.717, 1.165) is 5.69 Å². The Morgan fingerprint density at radius 3 is 1.11 bits per heavy atom. The van der Waals surface area contributed by atoms with Gasteiger partial charge >= 0.3 is 0 Å². The summed E-state index contributed by atoms with van der Waals surface area (Å²) in [4.78, 5) is 2.45. The zero-order valence-electron chi connectivity index (χ0n) is 26.2. The third kappa shape index (κ3) is 4.91. The molecule has 0 fully saturated rings. The van der Waals surface area contributed by atoms with Gasteiger partial charge in [0.1, 0.15) is 0 Å². The first-order chi connectivity index (χ1) is 22.6. The van der Waals surface area contributed by atoms with Crippen LogP contribution < -0.4 is 4.90 Å². The summed E-state index contributed by atoms with van der Waals surface area (Å²) in [5, 5.41) is 0. The molecular formula is C45H35N. The lowest BCUT2D eigenvalue weighted by atomic mass is 9.72. The number of nitrogens with zero attached hydrogens (tertiary/aromatic N) is 1. The van der Waals surface area contributed by atoms with Gasteiger partial charge in [0, 0.05) is 11.1 Å². The van der Waals surface area contributed by atoms with Gasteiger partial charge in [-0.2, -0.15) is 0 Å². The molecule has 0 bridgehead atoms. The highest BCUT2D eigenvalue weighted by molar-refractivity contribution is 5.89. The zero-order chi connectivity index (χ0) is 31.1. The minimum Gasteiger partial charge on any atom is -0.310 e. The summed E-state index contributed by atoms with van der Waals surface area (Å²) in [5.41, 5.74) is 15.9. The van der Waals surface area contributed by atoms with Crippen LogP contribution >= 0.6 is 0 Å². The normalized spacial score (nSPS) is 13.1. The van der Waals surface area contributed by atoms with Crippen LogP contribution in [0.5, 0.6) is 0 Å². The Balaban J connectivity index is 1.25. The first-order valence-corrected chi connectivity index (χ1v) is 16.0. The predicted octanol–water partition coefficient (Wildman–Crippen LogP) is 12.5. The monoisotopic (exact) mass is 589 g/mol. The summed E-state index contributed by atoms with van der Waals surface area (Å²) in [6.45, 7) is 4.74. The molecule has 0 aromatic heterocycles. The van der Waals surface area contributed by atoms with Crippen molar-refractivity contribution in [2.24, 2.45) is 0 Å². The second-order valence-electron chi connectivity index (χ2n) is 12.7. The van der Waals surface area contributed by atoms with Gasteiger partial charge in [0.15, 0.2) is 0 Å². The fourth-order valence-electron chi connectivity index (χ4n) is 6.95. The Bertz CT molecular complexity index is 2050. The van der Waals surface area contributed by atoms with Crippen LogP contribution in [-0.4, -0.2) is 0 Å². The van der Waals surface area contributed by atoms with Gasteiger partial charge in [0.05, 0.1) is 11.4 Å². The molecule has 0 radical (unpaired) electrons. The second-order valence-corrected chi connectivity index (χ2v) is 12.7. The minimum absolute atomic E-state index is 0.200. The number of hydrogen-bond acceptors (Lipinski definition) is 1. The molecule has 7 aromatic rings. The molecule has 8 rings (SSSR count). The van der Waals surface area contributed by atoms with Crippen LogP contribution in [0.15, 0.2) is 176 Å². The number of rotatable bonds is 5. The summed E-state index contributed by atoms with van der Waals surface area (Å²) in [6.07, 6.45) is 0. The summed E-state index contributed by atoms with van der Waals surface area (Å²) in [7, 11) is 0.